The number of anilines is 2. The van der Waals surface area contributed by atoms with Crippen molar-refractivity contribution in [3.8, 4) is 5.75 Å². The maximum absolute atomic E-state index is 13.5. The Kier molecular flexibility index (Phi) is 8.51. The Morgan fingerprint density at radius 1 is 1.00 bits per heavy atom. The van der Waals surface area contributed by atoms with Crippen molar-refractivity contribution in [1.29, 1.82) is 0 Å². The molecule has 2 amide bonds. The fourth-order valence-corrected chi connectivity index (χ4v) is 6.34. The van der Waals surface area contributed by atoms with Crippen LogP contribution in [-0.2, 0) is 10.0 Å². The van der Waals surface area contributed by atoms with E-state index in [-0.39, 0.29) is 11.4 Å². The molecule has 1 aliphatic rings. The first-order valence-corrected chi connectivity index (χ1v) is 14.8. The number of unbranched alkanes of at least 4 members (excludes halogenated alkanes) is 1. The third-order valence-corrected chi connectivity index (χ3v) is 8.87. The minimum absolute atomic E-state index is 0.0721. The van der Waals surface area contributed by atoms with Crippen LogP contribution in [0.3, 0.4) is 0 Å². The van der Waals surface area contributed by atoms with Crippen molar-refractivity contribution in [3.05, 3.63) is 79.0 Å². The maximum atomic E-state index is 13.5. The zero-order valence-electron chi connectivity index (χ0n) is 22.5. The summed E-state index contributed by atoms with van der Waals surface area (Å²) >= 11 is 0. The summed E-state index contributed by atoms with van der Waals surface area (Å²) in [6.07, 6.45) is 2.95. The molecule has 1 fully saturated rings. The molecule has 40 heavy (non-hydrogen) atoms. The highest BCUT2D eigenvalue weighted by Gasteiger charge is 2.29. The van der Waals surface area contributed by atoms with E-state index in [9.17, 15) is 13.2 Å². The van der Waals surface area contributed by atoms with Crippen molar-refractivity contribution in [3.63, 3.8) is 0 Å². The Morgan fingerprint density at radius 2 is 1.75 bits per heavy atom. The smallest absolute Gasteiger partial charge is 0.336 e. The number of piperazine rings is 1. The van der Waals surface area contributed by atoms with Crippen LogP contribution in [0, 0.1) is 0 Å². The molecule has 0 spiro atoms. The first-order valence-electron chi connectivity index (χ1n) is 13.4. The second-order valence-corrected chi connectivity index (χ2v) is 11.5. The number of carbonyl (C=O) groups is 1. The van der Waals surface area contributed by atoms with Crippen molar-refractivity contribution < 1.29 is 17.9 Å². The molecular weight excluding hydrogens is 528 g/mol. The summed E-state index contributed by atoms with van der Waals surface area (Å²) in [6.45, 7) is 4.47. The van der Waals surface area contributed by atoms with Crippen LogP contribution in [0.5, 0.6) is 5.75 Å². The molecule has 5 rings (SSSR count). The molecular formula is C29H34N6O4S. The zero-order chi connectivity index (χ0) is 28.0. The Bertz CT molecular complexity index is 1500. The van der Waals surface area contributed by atoms with Crippen LogP contribution in [0.2, 0.25) is 0 Å². The number of pyridine rings is 1. The van der Waals surface area contributed by atoms with Gasteiger partial charge in [-0.1, -0.05) is 30.3 Å². The van der Waals surface area contributed by atoms with Crippen molar-refractivity contribution in [1.82, 2.24) is 19.2 Å². The number of hydrogen-bond donors (Lipinski definition) is 2. The summed E-state index contributed by atoms with van der Waals surface area (Å²) in [5.41, 5.74) is 1.71. The van der Waals surface area contributed by atoms with Gasteiger partial charge in [0.25, 0.3) is 10.0 Å². The molecule has 4 aromatic rings. The minimum atomic E-state index is -4.04. The molecule has 1 aliphatic heterocycles. The number of carbonyl (C=O) groups excluding carboxylic acids is 1. The predicted molar refractivity (Wildman–Crippen MR) is 156 cm³/mol. The number of aromatic nitrogens is 2. The van der Waals surface area contributed by atoms with Crippen LogP contribution >= 0.6 is 0 Å². The number of rotatable bonds is 10. The molecule has 10 nitrogen and oxygen atoms in total. The predicted octanol–water partition coefficient (Wildman–Crippen LogP) is 4.40. The molecule has 0 bridgehead atoms. The fraction of sp³-hybridized carbons (Fsp3) is 0.310. The van der Waals surface area contributed by atoms with Crippen LogP contribution in [-0.4, -0.2) is 80.0 Å². The van der Waals surface area contributed by atoms with Gasteiger partial charge in [-0.25, -0.2) is 22.5 Å². The lowest BCUT2D eigenvalue weighted by molar-refractivity contribution is 0.231. The first-order chi connectivity index (χ1) is 19.5. The van der Waals surface area contributed by atoms with Gasteiger partial charge in [0.2, 0.25) is 0 Å². The maximum Gasteiger partial charge on any atom is 0.336 e. The number of fused-ring (bicyclic) bond motifs is 1. The largest absolute Gasteiger partial charge is 0.495 e. The number of aromatic amines is 1. The van der Waals surface area contributed by atoms with Gasteiger partial charge in [0.1, 0.15) is 17.2 Å². The number of nitrogens with zero attached hydrogens (tertiary/aromatic N) is 4. The van der Waals surface area contributed by atoms with Crippen LogP contribution in [0.1, 0.15) is 12.8 Å². The molecule has 2 N–H and O–H groups in total. The molecule has 0 radical (unpaired) electrons. The number of sulfonamides is 1. The van der Waals surface area contributed by atoms with Crippen LogP contribution in [0.25, 0.3) is 11.0 Å². The van der Waals surface area contributed by atoms with E-state index in [4.69, 9.17) is 4.74 Å². The second kappa shape index (κ2) is 12.4. The molecule has 0 unspecified atom stereocenters. The van der Waals surface area contributed by atoms with Gasteiger partial charge < -0.3 is 14.6 Å². The van der Waals surface area contributed by atoms with Gasteiger partial charge >= 0.3 is 6.03 Å². The summed E-state index contributed by atoms with van der Waals surface area (Å²) in [6, 6.07) is 20.8. The monoisotopic (exact) mass is 562 g/mol. The van der Waals surface area contributed by atoms with Gasteiger partial charge in [0.15, 0.2) is 0 Å². The number of amides is 2. The summed E-state index contributed by atoms with van der Waals surface area (Å²) in [4.78, 5) is 25.3. The van der Waals surface area contributed by atoms with Gasteiger partial charge in [-0.2, -0.15) is 0 Å². The highest BCUT2D eigenvalue weighted by atomic mass is 32.2. The van der Waals surface area contributed by atoms with E-state index in [1.165, 1.54) is 12.1 Å². The third-order valence-electron chi connectivity index (χ3n) is 7.07. The zero-order valence-corrected chi connectivity index (χ0v) is 23.3. The van der Waals surface area contributed by atoms with Crippen molar-refractivity contribution in [2.24, 2.45) is 0 Å². The number of ether oxygens (including phenoxy) is 1. The van der Waals surface area contributed by atoms with E-state index in [1.54, 1.807) is 43.6 Å². The quantitative estimate of drug-likeness (QED) is 0.276. The molecule has 0 atom stereocenters. The van der Waals surface area contributed by atoms with E-state index in [0.29, 0.717) is 17.9 Å². The molecule has 0 saturated carbocycles. The van der Waals surface area contributed by atoms with Crippen LogP contribution < -0.4 is 15.0 Å². The highest BCUT2D eigenvalue weighted by molar-refractivity contribution is 7.89. The average Bonchev–Trinajstić information content (AvgIpc) is 3.40. The van der Waals surface area contributed by atoms with Crippen molar-refractivity contribution in [2.45, 2.75) is 17.7 Å². The highest BCUT2D eigenvalue weighted by Crippen LogP contribution is 2.28. The lowest BCUT2D eigenvalue weighted by atomic mass is 10.2. The van der Waals surface area contributed by atoms with E-state index in [2.05, 4.69) is 31.2 Å². The Labute approximate surface area is 234 Å². The van der Waals surface area contributed by atoms with E-state index >= 15 is 0 Å². The number of urea groups is 1. The number of hydrogen-bond acceptors (Lipinski definition) is 7. The fourth-order valence-electron chi connectivity index (χ4n) is 4.95. The topological polar surface area (TPSA) is 111 Å². The third kappa shape index (κ3) is 6.21. The average molecular weight is 563 g/mol. The number of methoxy groups -OCH3 is 1. The summed E-state index contributed by atoms with van der Waals surface area (Å²) in [7, 11) is -2.35. The van der Waals surface area contributed by atoms with E-state index < -0.39 is 16.1 Å². The number of nitrogens with one attached hydrogen (secondary N) is 2. The molecule has 11 heteroatoms. The number of benzene rings is 2. The summed E-state index contributed by atoms with van der Waals surface area (Å²) in [5, 5.41) is 3.53. The lowest BCUT2D eigenvalue weighted by Crippen LogP contribution is -2.47. The Morgan fingerprint density at radius 3 is 2.50 bits per heavy atom. The standard InChI is InChI=1S/C29H34N6O4S/c1-39-26-14-6-5-13-25(26)34-20-18-33(19-21-34)16-7-8-17-35(40(37,38)24-11-3-2-4-12-24)29(36)32-27-22-23-10-9-15-30-28(23)31-27/h2-6,9-15,22H,7-8,16-21H2,1H3,(H,30,31)(H,32,36). The number of para-hydroxylation sites is 2. The van der Waals surface area contributed by atoms with Gasteiger partial charge in [0.05, 0.1) is 17.7 Å². The Hall–Kier alpha value is -4.09. The molecule has 210 valence electrons. The molecule has 1 saturated heterocycles. The molecule has 2 aromatic carbocycles. The summed E-state index contributed by atoms with van der Waals surface area (Å²) in [5.74, 6) is 1.26. The second-order valence-electron chi connectivity index (χ2n) is 9.65. The SMILES string of the molecule is COc1ccccc1N1CCN(CCCCN(C(=O)Nc2cc3cccnc3[nH]2)S(=O)(=O)c2ccccc2)CC1. The van der Waals surface area contributed by atoms with Crippen molar-refractivity contribution >= 4 is 38.6 Å². The first kappa shape index (κ1) is 27.5. The normalized spacial score (nSPS) is 14.3. The van der Waals surface area contributed by atoms with Gasteiger partial charge in [-0.15, -0.1) is 0 Å². The van der Waals surface area contributed by atoms with E-state index in [1.807, 2.05) is 24.3 Å². The van der Waals surface area contributed by atoms with Gasteiger partial charge in [-0.3, -0.25) is 10.2 Å². The minimum Gasteiger partial charge on any atom is -0.495 e. The Balaban J connectivity index is 1.19. The van der Waals surface area contributed by atoms with Crippen LogP contribution in [0.15, 0.2) is 83.9 Å². The van der Waals surface area contributed by atoms with Gasteiger partial charge in [0, 0.05) is 44.3 Å². The van der Waals surface area contributed by atoms with Crippen LogP contribution in [0.4, 0.5) is 16.3 Å². The lowest BCUT2D eigenvalue weighted by Gasteiger charge is -2.36. The van der Waals surface area contributed by atoms with Gasteiger partial charge in [-0.05, 0) is 61.9 Å². The molecule has 3 heterocycles. The number of H-pyrrole nitrogens is 1. The molecule has 2 aromatic heterocycles. The summed E-state index contributed by atoms with van der Waals surface area (Å²) < 4.78 is 33.4. The van der Waals surface area contributed by atoms with E-state index in [0.717, 1.165) is 60.3 Å². The van der Waals surface area contributed by atoms with Crippen molar-refractivity contribution in [2.75, 3.05) is 56.6 Å². The molecule has 0 aliphatic carbocycles.